The zero-order chi connectivity index (χ0) is 56.1. The molecule has 3 aromatic heterocycles. The maximum atomic E-state index is 6.83. The molecule has 0 N–H and O–H groups in total. The van der Waals surface area contributed by atoms with Crippen LogP contribution in [0.1, 0.15) is 169 Å². The van der Waals surface area contributed by atoms with Crippen LogP contribution in [0.3, 0.4) is 0 Å². The van der Waals surface area contributed by atoms with Gasteiger partial charge in [0.25, 0.3) is 6.33 Å². The standard InChI is InChI=1S/C74H78N4O.Pt/c1-68(2,3)48-35-36-75-64(39-48)78-60-26-19-18-25-52(60)53-32-31-51(41-63(53)78)79-50-24-22-23-49(40-50)76-45-77(62-28-21-20-27-61(62)76)67-65(46-29-33-54-56(37-46)73(14,15)43-71(54,10)11)58(69(4,5)6)42-59(70(7,8)9)66(67)47-30-34-55-57(38-47)74(16,17)44-72(55,12)13;/h18-39,42H,43-44H2,1-17H3;/q-2;. The number of para-hydroxylation sites is 3. The predicted octanol–water partition coefficient (Wildman–Crippen LogP) is 18.7. The molecule has 0 bridgehead atoms. The predicted molar refractivity (Wildman–Crippen MR) is 328 cm³/mol. The molecule has 6 heteroatoms. The Balaban J connectivity index is 0.00000675. The Morgan fingerprint density at radius 2 is 1.06 bits per heavy atom. The minimum absolute atomic E-state index is 0. The molecule has 0 aliphatic heterocycles. The van der Waals surface area contributed by atoms with Crippen LogP contribution in [-0.2, 0) is 59.0 Å². The quantitative estimate of drug-likeness (QED) is 0.118. The Bertz CT molecular complexity index is 4000. The fraction of sp³-hybridized carbons (Fsp3) is 0.351. The summed E-state index contributed by atoms with van der Waals surface area (Å²) in [5.74, 6) is 2.03. The van der Waals surface area contributed by atoms with Crippen LogP contribution in [0.2, 0.25) is 0 Å². The van der Waals surface area contributed by atoms with Crippen LogP contribution in [0.5, 0.6) is 11.5 Å². The van der Waals surface area contributed by atoms with E-state index in [0.29, 0.717) is 11.5 Å². The van der Waals surface area contributed by atoms with Crippen LogP contribution in [0.15, 0.2) is 140 Å². The second-order valence-corrected chi connectivity index (χ2v) is 28.8. The number of pyridine rings is 1. The first-order valence-corrected chi connectivity index (χ1v) is 28.6. The maximum Gasteiger partial charge on any atom is 0.268 e. The van der Waals surface area contributed by atoms with Crippen molar-refractivity contribution in [2.45, 2.75) is 168 Å². The third-order valence-electron chi connectivity index (χ3n) is 17.6. The van der Waals surface area contributed by atoms with Gasteiger partial charge in [0.2, 0.25) is 0 Å². The van der Waals surface area contributed by atoms with Crippen LogP contribution in [0.4, 0.5) is 0 Å². The number of rotatable bonds is 7. The number of benzene rings is 7. The van der Waals surface area contributed by atoms with Crippen molar-refractivity contribution < 1.29 is 30.4 Å². The molecule has 0 unspecified atom stereocenters. The summed E-state index contributed by atoms with van der Waals surface area (Å²) >= 11 is 0. The average molecular weight is 1230 g/mol. The van der Waals surface area contributed by atoms with Crippen LogP contribution in [-0.4, -0.2) is 14.1 Å². The van der Waals surface area contributed by atoms with Crippen LogP contribution in [0.25, 0.3) is 72.3 Å². The molecule has 0 radical (unpaired) electrons. The summed E-state index contributed by atoms with van der Waals surface area (Å²) in [4.78, 5) is 4.92. The molecule has 12 rings (SSSR count). The van der Waals surface area contributed by atoms with Gasteiger partial charge in [0.1, 0.15) is 5.82 Å². The van der Waals surface area contributed by atoms with Crippen molar-refractivity contribution in [2.75, 3.05) is 0 Å². The van der Waals surface area contributed by atoms with Gasteiger partial charge >= 0.3 is 0 Å². The van der Waals surface area contributed by atoms with Crippen molar-refractivity contribution >= 4 is 32.8 Å². The van der Waals surface area contributed by atoms with E-state index in [0.717, 1.165) is 62.9 Å². The molecule has 0 saturated carbocycles. The molecule has 5 nitrogen and oxygen atoms in total. The molecule has 2 aliphatic carbocycles. The SMILES string of the molecule is CC(C)(C)c1ccnc(-n2c3[c-]c(Oc4[c-]c(-n5[c-][n+](-c6c(-c7ccc8c(c7)C(C)(C)CC8(C)C)c(C(C)(C)C)cc(C(C)(C)C)c6-c6ccc7c(c6)C(C)(C)CC7(C)C)c6ccccc65)ccc4)ccc3c3ccccc32)c1.[Pt]. The number of fused-ring (bicyclic) bond motifs is 6. The van der Waals surface area contributed by atoms with Gasteiger partial charge in [-0.2, -0.15) is 18.2 Å². The number of ether oxygens (including phenoxy) is 1. The van der Waals surface area contributed by atoms with E-state index in [1.54, 1.807) is 0 Å². The van der Waals surface area contributed by atoms with E-state index in [1.165, 1.54) is 61.2 Å². The number of hydrogen-bond donors (Lipinski definition) is 0. The minimum atomic E-state index is -0.222. The van der Waals surface area contributed by atoms with Crippen molar-refractivity contribution in [3.8, 4) is 50.9 Å². The molecule has 0 amide bonds. The summed E-state index contributed by atoms with van der Waals surface area (Å²) in [7, 11) is 0. The largest absolute Gasteiger partial charge is 0.510 e. The summed E-state index contributed by atoms with van der Waals surface area (Å²) in [6.45, 7) is 40.4. The zero-order valence-electron chi connectivity index (χ0n) is 50.2. The summed E-state index contributed by atoms with van der Waals surface area (Å²) in [5.41, 5.74) is 20.3. The molecule has 2 aliphatic rings. The first kappa shape index (κ1) is 55.4. The molecule has 0 spiro atoms. The number of hydrogen-bond acceptors (Lipinski definition) is 2. The molecule has 0 fully saturated rings. The van der Waals surface area contributed by atoms with Crippen molar-refractivity contribution in [2.24, 2.45) is 0 Å². The molecular weight excluding hydrogens is 1160 g/mol. The number of imidazole rings is 1. The third kappa shape index (κ3) is 9.19. The minimum Gasteiger partial charge on any atom is -0.510 e. The van der Waals surface area contributed by atoms with Crippen molar-refractivity contribution in [1.82, 2.24) is 14.1 Å². The molecular formula is C74H78N4OPt-2. The molecule has 0 atom stereocenters. The van der Waals surface area contributed by atoms with E-state index >= 15 is 0 Å². The molecule has 412 valence electrons. The van der Waals surface area contributed by atoms with E-state index in [-0.39, 0.29) is 59.0 Å². The fourth-order valence-electron chi connectivity index (χ4n) is 14.3. The number of nitrogens with zero attached hydrogens (tertiary/aromatic N) is 4. The van der Waals surface area contributed by atoms with Gasteiger partial charge in [-0.05, 0) is 141 Å². The van der Waals surface area contributed by atoms with Gasteiger partial charge in [0.05, 0.1) is 16.7 Å². The molecule has 7 aromatic carbocycles. The summed E-state index contributed by atoms with van der Waals surface area (Å²) in [5, 5.41) is 2.23. The van der Waals surface area contributed by atoms with Crippen LogP contribution < -0.4 is 9.30 Å². The first-order chi connectivity index (χ1) is 37.0. The van der Waals surface area contributed by atoms with Gasteiger partial charge in [-0.25, -0.2) is 4.98 Å². The monoisotopic (exact) mass is 1230 g/mol. The Labute approximate surface area is 490 Å². The second kappa shape index (κ2) is 18.7. The Kier molecular flexibility index (Phi) is 13.0. The molecule has 10 aromatic rings. The average Bonchev–Trinajstić information content (AvgIpc) is 4.11. The molecule has 80 heavy (non-hydrogen) atoms. The summed E-state index contributed by atoms with van der Waals surface area (Å²) < 4.78 is 13.6. The maximum absolute atomic E-state index is 6.83. The van der Waals surface area contributed by atoms with E-state index in [4.69, 9.17) is 9.72 Å². The van der Waals surface area contributed by atoms with Crippen molar-refractivity contribution in [3.63, 3.8) is 0 Å². The smallest absolute Gasteiger partial charge is 0.268 e. The Morgan fingerprint density at radius 3 is 1.65 bits per heavy atom. The molecule has 3 heterocycles. The Hall–Kier alpha value is -6.55. The topological polar surface area (TPSA) is 35.9 Å². The van der Waals surface area contributed by atoms with E-state index in [9.17, 15) is 0 Å². The van der Waals surface area contributed by atoms with E-state index < -0.39 is 0 Å². The van der Waals surface area contributed by atoms with Crippen molar-refractivity contribution in [1.29, 1.82) is 0 Å². The first-order valence-electron chi connectivity index (χ1n) is 28.6. The number of aromatic nitrogens is 4. The summed E-state index contributed by atoms with van der Waals surface area (Å²) in [6.07, 6.45) is 8.18. The van der Waals surface area contributed by atoms with Gasteiger partial charge in [-0.15, -0.1) is 29.7 Å². The van der Waals surface area contributed by atoms with Gasteiger partial charge in [0, 0.05) is 44.3 Å². The summed E-state index contributed by atoms with van der Waals surface area (Å²) in [6, 6.07) is 56.7. The van der Waals surface area contributed by atoms with Gasteiger partial charge in [-0.3, -0.25) is 4.57 Å². The van der Waals surface area contributed by atoms with Crippen molar-refractivity contribution in [3.05, 3.63) is 197 Å². The van der Waals surface area contributed by atoms with Crippen LogP contribution in [0, 0.1) is 18.5 Å². The zero-order valence-corrected chi connectivity index (χ0v) is 52.5. The molecule has 0 saturated heterocycles. The van der Waals surface area contributed by atoms with Gasteiger partial charge in [-0.1, -0.05) is 208 Å². The van der Waals surface area contributed by atoms with Crippen LogP contribution >= 0.6 is 0 Å². The second-order valence-electron chi connectivity index (χ2n) is 28.8. The van der Waals surface area contributed by atoms with Gasteiger partial charge in [0.15, 0.2) is 0 Å². The Morgan fingerprint density at radius 1 is 0.512 bits per heavy atom. The third-order valence-corrected chi connectivity index (χ3v) is 17.6. The van der Waals surface area contributed by atoms with E-state index in [2.05, 4.69) is 271 Å². The van der Waals surface area contributed by atoms with E-state index in [1.807, 2.05) is 18.3 Å². The van der Waals surface area contributed by atoms with Gasteiger partial charge < -0.3 is 13.9 Å². The fourth-order valence-corrected chi connectivity index (χ4v) is 14.3. The normalized spacial score (nSPS) is 16.3.